The van der Waals surface area contributed by atoms with E-state index in [1.54, 1.807) is 0 Å². The summed E-state index contributed by atoms with van der Waals surface area (Å²) in [6.07, 6.45) is 5.41. The topological polar surface area (TPSA) is 0 Å². The molecule has 0 heteroatoms. The minimum Gasteiger partial charge on any atom is -0.0842 e. The number of rotatable bonds is 2. The van der Waals surface area contributed by atoms with Gasteiger partial charge in [-0.1, -0.05) is 91.0 Å². The van der Waals surface area contributed by atoms with E-state index in [1.807, 2.05) is 47.6 Å². The first-order chi connectivity index (χ1) is 7.93. The summed E-state index contributed by atoms with van der Waals surface area (Å²) in [5, 5.41) is 0. The monoisotopic (exact) mass is 222 g/mol. The van der Waals surface area contributed by atoms with Crippen LogP contribution in [0.25, 0.3) is 6.08 Å². The fraction of sp³-hybridized carbons (Fsp3) is 0.500. The van der Waals surface area contributed by atoms with E-state index in [-0.39, 0.29) is 0 Å². The van der Waals surface area contributed by atoms with Crippen LogP contribution in [0, 0.1) is 0 Å². The fourth-order valence-electron chi connectivity index (χ4n) is 0.818. The molecule has 0 bridgehead atoms. The lowest BCUT2D eigenvalue weighted by Gasteiger charge is -1.88. The van der Waals surface area contributed by atoms with E-state index in [4.69, 9.17) is 0 Å². The van der Waals surface area contributed by atoms with Gasteiger partial charge in [0.15, 0.2) is 0 Å². The van der Waals surface area contributed by atoms with Crippen molar-refractivity contribution in [2.75, 3.05) is 0 Å². The van der Waals surface area contributed by atoms with Crippen LogP contribution in [0.1, 0.15) is 60.5 Å². The largest absolute Gasteiger partial charge is 0.0842 e. The lowest BCUT2D eigenvalue weighted by atomic mass is 10.2. The highest BCUT2D eigenvalue weighted by Gasteiger charge is 1.78. The van der Waals surface area contributed by atoms with E-state index in [1.165, 1.54) is 5.56 Å². The highest BCUT2D eigenvalue weighted by molar-refractivity contribution is 5.48. The van der Waals surface area contributed by atoms with Gasteiger partial charge in [-0.2, -0.15) is 0 Å². The minimum absolute atomic E-state index is 1.11. The first-order valence-corrected chi connectivity index (χ1v) is 6.65. The van der Waals surface area contributed by atoms with Crippen LogP contribution in [0.5, 0.6) is 0 Å². The second-order valence-electron chi connectivity index (χ2n) is 2.22. The molecule has 0 fully saturated rings. The first kappa shape index (κ1) is 20.4. The molecule has 1 rings (SSSR count). The summed E-state index contributed by atoms with van der Waals surface area (Å²) in [4.78, 5) is 0. The van der Waals surface area contributed by atoms with Crippen molar-refractivity contribution < 1.29 is 0 Å². The minimum atomic E-state index is 1.11. The van der Waals surface area contributed by atoms with Crippen LogP contribution in [0.2, 0.25) is 0 Å². The second-order valence-corrected chi connectivity index (χ2v) is 2.22. The van der Waals surface area contributed by atoms with Crippen molar-refractivity contribution in [3.8, 4) is 0 Å². The molecule has 1 aromatic carbocycles. The molecule has 0 amide bonds. The van der Waals surface area contributed by atoms with Crippen molar-refractivity contribution in [2.24, 2.45) is 0 Å². The maximum Gasteiger partial charge on any atom is -0.0260 e. The van der Waals surface area contributed by atoms with Crippen LogP contribution in [0.15, 0.2) is 36.4 Å². The van der Waals surface area contributed by atoms with Crippen molar-refractivity contribution in [1.82, 2.24) is 0 Å². The Balaban J connectivity index is -0.000000245. The molecule has 0 aromatic heterocycles. The van der Waals surface area contributed by atoms with Crippen LogP contribution in [-0.4, -0.2) is 0 Å². The zero-order chi connectivity index (χ0) is 13.2. The average Bonchev–Trinajstić information content (AvgIpc) is 2.44. The standard InChI is InChI=1S/C10H12.3C2H6/c1-2-3-7-10-8-5-4-6-9-10;3*1-2/h3-9H,2H2,1H3;3*1-2H3/b7-3+;;;. The van der Waals surface area contributed by atoms with Crippen molar-refractivity contribution >= 4 is 6.08 Å². The maximum atomic E-state index is 2.16. The van der Waals surface area contributed by atoms with Gasteiger partial charge in [0.1, 0.15) is 0 Å². The number of hydrogen-bond donors (Lipinski definition) is 0. The smallest absolute Gasteiger partial charge is 0.0260 e. The third-order valence-corrected chi connectivity index (χ3v) is 1.35. The fourth-order valence-corrected chi connectivity index (χ4v) is 0.818. The molecule has 16 heavy (non-hydrogen) atoms. The van der Waals surface area contributed by atoms with Gasteiger partial charge in [-0.15, -0.1) is 0 Å². The molecule has 0 radical (unpaired) electrons. The van der Waals surface area contributed by atoms with E-state index in [0.717, 1.165) is 6.42 Å². The summed E-state index contributed by atoms with van der Waals surface area (Å²) in [6.45, 7) is 14.1. The predicted octanol–water partition coefficient (Wildman–Crippen LogP) is 6.19. The first-order valence-electron chi connectivity index (χ1n) is 6.65. The van der Waals surface area contributed by atoms with Crippen LogP contribution in [0.4, 0.5) is 0 Å². The molecule has 0 aliphatic heterocycles. The molecule has 0 saturated heterocycles. The SMILES string of the molecule is CC.CC.CC.CC/C=C/c1ccccc1. The molecule has 0 aliphatic rings. The molecule has 0 unspecified atom stereocenters. The molecule has 0 aliphatic carbocycles. The lowest BCUT2D eigenvalue weighted by Crippen LogP contribution is -1.66. The molecule has 0 atom stereocenters. The van der Waals surface area contributed by atoms with E-state index in [2.05, 4.69) is 43.3 Å². The van der Waals surface area contributed by atoms with E-state index >= 15 is 0 Å². The van der Waals surface area contributed by atoms with Crippen molar-refractivity contribution in [1.29, 1.82) is 0 Å². The average molecular weight is 222 g/mol. The summed E-state index contributed by atoms with van der Waals surface area (Å²) in [7, 11) is 0. The van der Waals surface area contributed by atoms with Crippen LogP contribution >= 0.6 is 0 Å². The van der Waals surface area contributed by atoms with Gasteiger partial charge in [0.05, 0.1) is 0 Å². The van der Waals surface area contributed by atoms with Crippen LogP contribution in [-0.2, 0) is 0 Å². The number of allylic oxidation sites excluding steroid dienone is 1. The molecule has 94 valence electrons. The third-order valence-electron chi connectivity index (χ3n) is 1.35. The molecule has 0 nitrogen and oxygen atoms in total. The van der Waals surface area contributed by atoms with Gasteiger partial charge in [-0.3, -0.25) is 0 Å². The maximum absolute atomic E-state index is 2.16. The molecule has 1 aromatic rings. The van der Waals surface area contributed by atoms with E-state index < -0.39 is 0 Å². The highest BCUT2D eigenvalue weighted by atomic mass is 13.8. The Hall–Kier alpha value is -1.04. The predicted molar refractivity (Wildman–Crippen MR) is 79.8 cm³/mol. The van der Waals surface area contributed by atoms with Crippen LogP contribution < -0.4 is 0 Å². The summed E-state index contributed by atoms with van der Waals surface area (Å²) in [6, 6.07) is 10.3. The van der Waals surface area contributed by atoms with Gasteiger partial charge in [0.25, 0.3) is 0 Å². The van der Waals surface area contributed by atoms with Gasteiger partial charge in [0.2, 0.25) is 0 Å². The Kier molecular flexibility index (Phi) is 30.1. The molecule has 0 heterocycles. The Bertz CT molecular complexity index is 197. The van der Waals surface area contributed by atoms with E-state index in [9.17, 15) is 0 Å². The Morgan fingerprint density at radius 2 is 1.25 bits per heavy atom. The lowest BCUT2D eigenvalue weighted by molar-refractivity contribution is 1.23. The summed E-state index contributed by atoms with van der Waals surface area (Å²) in [5.74, 6) is 0. The highest BCUT2D eigenvalue weighted by Crippen LogP contribution is 2.00. The Morgan fingerprint density at radius 1 is 0.812 bits per heavy atom. The third kappa shape index (κ3) is 15.4. The summed E-state index contributed by atoms with van der Waals surface area (Å²) >= 11 is 0. The summed E-state index contributed by atoms with van der Waals surface area (Å²) < 4.78 is 0. The summed E-state index contributed by atoms with van der Waals surface area (Å²) in [5.41, 5.74) is 1.28. The Labute approximate surface area is 103 Å². The van der Waals surface area contributed by atoms with Gasteiger partial charge in [0, 0.05) is 0 Å². The van der Waals surface area contributed by atoms with Crippen molar-refractivity contribution in [3.05, 3.63) is 42.0 Å². The Morgan fingerprint density at radius 3 is 1.62 bits per heavy atom. The van der Waals surface area contributed by atoms with Gasteiger partial charge < -0.3 is 0 Å². The molecular weight excluding hydrogens is 192 g/mol. The molecule has 0 N–H and O–H groups in total. The molecule has 0 saturated carbocycles. The van der Waals surface area contributed by atoms with Gasteiger partial charge in [-0.05, 0) is 12.0 Å². The van der Waals surface area contributed by atoms with Crippen molar-refractivity contribution in [3.63, 3.8) is 0 Å². The molecular formula is C16H30. The van der Waals surface area contributed by atoms with Gasteiger partial charge >= 0.3 is 0 Å². The van der Waals surface area contributed by atoms with Crippen molar-refractivity contribution in [2.45, 2.75) is 54.9 Å². The number of hydrogen-bond acceptors (Lipinski definition) is 0. The zero-order valence-electron chi connectivity index (χ0n) is 12.2. The zero-order valence-corrected chi connectivity index (χ0v) is 12.2. The number of benzene rings is 1. The van der Waals surface area contributed by atoms with Crippen LogP contribution in [0.3, 0.4) is 0 Å². The van der Waals surface area contributed by atoms with Gasteiger partial charge in [-0.25, -0.2) is 0 Å². The molecule has 0 spiro atoms. The second kappa shape index (κ2) is 23.6. The quantitative estimate of drug-likeness (QED) is 0.560. The normalized spacial score (nSPS) is 7.69. The van der Waals surface area contributed by atoms with E-state index in [0.29, 0.717) is 0 Å².